The molecule has 0 spiro atoms. The normalized spacial score (nSPS) is 18.4. The molecule has 1 aromatic heterocycles. The number of carbonyl (C=O) groups is 1. The van der Waals surface area contributed by atoms with Gasteiger partial charge in [0.25, 0.3) is 0 Å². The van der Waals surface area contributed by atoms with Crippen molar-refractivity contribution in [2.24, 2.45) is 5.92 Å². The number of hydrogen-bond acceptors (Lipinski definition) is 5. The second kappa shape index (κ2) is 7.90. The number of aliphatic carboxylic acids is 1. The molecule has 6 nitrogen and oxygen atoms in total. The number of carboxylic acids is 1. The lowest BCUT2D eigenvalue weighted by Gasteiger charge is -2.29. The number of piperidine rings is 1. The molecule has 2 aromatic rings. The maximum absolute atomic E-state index is 11.1. The molecule has 1 fully saturated rings. The van der Waals surface area contributed by atoms with Crippen LogP contribution in [0.1, 0.15) is 18.7 Å². The second-order valence-electron chi connectivity index (χ2n) is 5.43. The molecule has 1 aliphatic heterocycles. The molecule has 0 aliphatic carbocycles. The van der Waals surface area contributed by atoms with E-state index in [4.69, 9.17) is 9.63 Å². The van der Waals surface area contributed by atoms with Crippen molar-refractivity contribution in [2.75, 3.05) is 13.1 Å². The molecule has 2 heterocycles. The SMILES string of the molecule is Cl.O=C(O)C1CCCN(Cc2nc(-c3cccc(Br)c3)no2)C1. The standard InChI is InChI=1S/C15H16BrN3O3.ClH/c16-12-5-1-3-10(7-12)14-17-13(22-18-14)9-19-6-2-4-11(8-19)15(20)21;/h1,3,5,7,11H,2,4,6,8-9H2,(H,20,21);1H. The van der Waals surface area contributed by atoms with Gasteiger partial charge in [-0.1, -0.05) is 33.2 Å². The third-order valence-electron chi connectivity index (χ3n) is 3.76. The highest BCUT2D eigenvalue weighted by Crippen LogP contribution is 2.22. The minimum atomic E-state index is -0.731. The lowest BCUT2D eigenvalue weighted by Crippen LogP contribution is -2.38. The van der Waals surface area contributed by atoms with Gasteiger partial charge in [-0.25, -0.2) is 0 Å². The Bertz CT molecular complexity index is 679. The van der Waals surface area contributed by atoms with Crippen LogP contribution in [-0.4, -0.2) is 39.2 Å². The van der Waals surface area contributed by atoms with Crippen molar-refractivity contribution in [3.8, 4) is 11.4 Å². The zero-order valence-corrected chi connectivity index (χ0v) is 14.7. The Morgan fingerprint density at radius 2 is 2.30 bits per heavy atom. The number of halogens is 2. The summed E-state index contributed by atoms with van der Waals surface area (Å²) in [5.41, 5.74) is 0.881. The van der Waals surface area contributed by atoms with Gasteiger partial charge in [0.15, 0.2) is 0 Å². The van der Waals surface area contributed by atoms with Crippen LogP contribution < -0.4 is 0 Å². The Balaban J connectivity index is 0.00000192. The maximum Gasteiger partial charge on any atom is 0.307 e. The largest absolute Gasteiger partial charge is 0.481 e. The van der Waals surface area contributed by atoms with Gasteiger partial charge in [0.05, 0.1) is 12.5 Å². The first kappa shape index (κ1) is 17.9. The molecule has 0 bridgehead atoms. The van der Waals surface area contributed by atoms with E-state index in [1.54, 1.807) is 0 Å². The van der Waals surface area contributed by atoms with Crippen molar-refractivity contribution >= 4 is 34.3 Å². The summed E-state index contributed by atoms with van der Waals surface area (Å²) in [6, 6.07) is 7.69. The van der Waals surface area contributed by atoms with Gasteiger partial charge in [-0.3, -0.25) is 9.69 Å². The van der Waals surface area contributed by atoms with Crippen LogP contribution in [0.4, 0.5) is 0 Å². The molecule has 1 saturated heterocycles. The predicted octanol–water partition coefficient (Wildman–Crippen LogP) is 3.22. The van der Waals surface area contributed by atoms with E-state index in [-0.39, 0.29) is 18.3 Å². The summed E-state index contributed by atoms with van der Waals surface area (Å²) in [5, 5.41) is 13.1. The van der Waals surface area contributed by atoms with Gasteiger partial charge < -0.3 is 9.63 Å². The van der Waals surface area contributed by atoms with Crippen LogP contribution in [0.15, 0.2) is 33.3 Å². The third-order valence-corrected chi connectivity index (χ3v) is 4.26. The van der Waals surface area contributed by atoms with Gasteiger partial charge in [0.2, 0.25) is 11.7 Å². The molecule has 3 rings (SSSR count). The van der Waals surface area contributed by atoms with Crippen molar-refractivity contribution in [2.45, 2.75) is 19.4 Å². The van der Waals surface area contributed by atoms with Gasteiger partial charge in [-0.05, 0) is 31.5 Å². The number of rotatable bonds is 4. The number of nitrogens with zero attached hydrogens (tertiary/aromatic N) is 3. The molecule has 124 valence electrons. The summed E-state index contributed by atoms with van der Waals surface area (Å²) >= 11 is 3.42. The van der Waals surface area contributed by atoms with Crippen LogP contribution in [-0.2, 0) is 11.3 Å². The predicted molar refractivity (Wildman–Crippen MR) is 90.3 cm³/mol. The molecule has 1 unspecified atom stereocenters. The summed E-state index contributed by atoms with van der Waals surface area (Å²) in [5.74, 6) is 0.0235. The van der Waals surface area contributed by atoms with Crippen LogP contribution in [0.25, 0.3) is 11.4 Å². The molecule has 1 atom stereocenters. The lowest BCUT2D eigenvalue weighted by atomic mass is 9.98. The van der Waals surface area contributed by atoms with Gasteiger partial charge in [0, 0.05) is 16.6 Å². The molecule has 1 N–H and O–H groups in total. The highest BCUT2D eigenvalue weighted by atomic mass is 79.9. The summed E-state index contributed by atoms with van der Waals surface area (Å²) in [6.07, 6.45) is 1.61. The van der Waals surface area contributed by atoms with Crippen molar-refractivity contribution in [3.63, 3.8) is 0 Å². The maximum atomic E-state index is 11.1. The molecular weight excluding hydrogens is 386 g/mol. The first-order chi connectivity index (χ1) is 10.6. The van der Waals surface area contributed by atoms with E-state index >= 15 is 0 Å². The number of benzene rings is 1. The minimum absolute atomic E-state index is 0. The fraction of sp³-hybridized carbons (Fsp3) is 0.400. The molecule has 0 radical (unpaired) electrons. The Kier molecular flexibility index (Phi) is 6.15. The Morgan fingerprint density at radius 1 is 1.48 bits per heavy atom. The number of likely N-dealkylation sites (tertiary alicyclic amines) is 1. The van der Waals surface area contributed by atoms with Crippen LogP contribution in [0, 0.1) is 5.92 Å². The molecule has 0 saturated carbocycles. The summed E-state index contributed by atoms with van der Waals surface area (Å²) in [6.45, 7) is 1.88. The van der Waals surface area contributed by atoms with Gasteiger partial charge >= 0.3 is 5.97 Å². The average molecular weight is 403 g/mol. The van der Waals surface area contributed by atoms with Crippen molar-refractivity contribution < 1.29 is 14.4 Å². The highest BCUT2D eigenvalue weighted by molar-refractivity contribution is 9.10. The average Bonchev–Trinajstić information content (AvgIpc) is 2.96. The number of hydrogen-bond donors (Lipinski definition) is 1. The van der Waals surface area contributed by atoms with E-state index in [0.717, 1.165) is 29.4 Å². The van der Waals surface area contributed by atoms with E-state index in [1.165, 1.54) is 0 Å². The molecule has 1 aliphatic rings. The van der Waals surface area contributed by atoms with E-state index < -0.39 is 5.97 Å². The quantitative estimate of drug-likeness (QED) is 0.846. The van der Waals surface area contributed by atoms with Gasteiger partial charge in [-0.15, -0.1) is 12.4 Å². The van der Waals surface area contributed by atoms with Crippen LogP contribution in [0.2, 0.25) is 0 Å². The van der Waals surface area contributed by atoms with Crippen LogP contribution in [0.3, 0.4) is 0 Å². The zero-order valence-electron chi connectivity index (χ0n) is 12.3. The minimum Gasteiger partial charge on any atom is -0.481 e. The molecular formula is C15H17BrClN3O3. The van der Waals surface area contributed by atoms with E-state index in [0.29, 0.717) is 24.8 Å². The van der Waals surface area contributed by atoms with Crippen molar-refractivity contribution in [1.29, 1.82) is 0 Å². The Hall–Kier alpha value is -1.44. The van der Waals surface area contributed by atoms with Crippen molar-refractivity contribution in [3.05, 3.63) is 34.6 Å². The van der Waals surface area contributed by atoms with Crippen molar-refractivity contribution in [1.82, 2.24) is 15.0 Å². The lowest BCUT2D eigenvalue weighted by molar-refractivity contribution is -0.143. The molecule has 23 heavy (non-hydrogen) atoms. The van der Waals surface area contributed by atoms with Gasteiger partial charge in [0.1, 0.15) is 0 Å². The van der Waals surface area contributed by atoms with Crippen LogP contribution in [0.5, 0.6) is 0 Å². The Labute approximate surface area is 148 Å². The second-order valence-corrected chi connectivity index (χ2v) is 6.35. The van der Waals surface area contributed by atoms with E-state index in [9.17, 15) is 4.79 Å². The highest BCUT2D eigenvalue weighted by Gasteiger charge is 2.26. The first-order valence-corrected chi connectivity index (χ1v) is 7.95. The molecule has 8 heteroatoms. The number of carboxylic acid groups (broad SMARTS) is 1. The Morgan fingerprint density at radius 3 is 3.04 bits per heavy atom. The smallest absolute Gasteiger partial charge is 0.307 e. The van der Waals surface area contributed by atoms with E-state index in [1.807, 2.05) is 24.3 Å². The molecule has 0 amide bonds. The molecule has 1 aromatic carbocycles. The fourth-order valence-electron chi connectivity index (χ4n) is 2.66. The zero-order chi connectivity index (χ0) is 15.5. The summed E-state index contributed by atoms with van der Waals surface area (Å²) in [7, 11) is 0. The topological polar surface area (TPSA) is 79.5 Å². The summed E-state index contributed by atoms with van der Waals surface area (Å²) in [4.78, 5) is 17.5. The third kappa shape index (κ3) is 4.53. The van der Waals surface area contributed by atoms with E-state index in [2.05, 4.69) is 31.0 Å². The van der Waals surface area contributed by atoms with Gasteiger partial charge in [-0.2, -0.15) is 4.98 Å². The van der Waals surface area contributed by atoms with Crippen LogP contribution >= 0.6 is 28.3 Å². The monoisotopic (exact) mass is 401 g/mol. The summed E-state index contributed by atoms with van der Waals surface area (Å²) < 4.78 is 6.25. The number of aromatic nitrogens is 2. The fourth-order valence-corrected chi connectivity index (χ4v) is 3.06. The first-order valence-electron chi connectivity index (χ1n) is 7.15.